The Bertz CT molecular complexity index is 74.3. The van der Waals surface area contributed by atoms with Crippen molar-refractivity contribution in [2.24, 2.45) is 0 Å². The van der Waals surface area contributed by atoms with E-state index in [9.17, 15) is 4.57 Å². The van der Waals surface area contributed by atoms with E-state index >= 15 is 0 Å². The second kappa shape index (κ2) is 8.63. The van der Waals surface area contributed by atoms with Gasteiger partial charge in [-0.1, -0.05) is 0 Å². The van der Waals surface area contributed by atoms with Gasteiger partial charge in [0, 0.05) is 0 Å². The molecular formula is C4H12BaO2P+. The van der Waals surface area contributed by atoms with Crippen LogP contribution >= 0.6 is 8.03 Å². The van der Waals surface area contributed by atoms with E-state index < -0.39 is 8.03 Å². The third-order valence-electron chi connectivity index (χ3n) is 0.531. The molecule has 4 heteroatoms. The molecule has 0 spiro atoms. The molecule has 0 aromatic heterocycles. The summed E-state index contributed by atoms with van der Waals surface area (Å²) in [5.41, 5.74) is 0. The Morgan fingerprint density at radius 3 is 2.25 bits per heavy atom. The molecule has 46 valence electrons. The minimum Gasteiger partial charge on any atom is -1.00 e. The monoisotopic (exact) mass is 261 g/mol. The fourth-order valence-corrected chi connectivity index (χ4v) is 0.706. The summed E-state index contributed by atoms with van der Waals surface area (Å²) < 4.78 is 15.0. The zero-order chi connectivity index (χ0) is 5.70. The van der Waals surface area contributed by atoms with Gasteiger partial charge < -0.3 is 2.85 Å². The van der Waals surface area contributed by atoms with E-state index in [1.54, 1.807) is 0 Å². The normalized spacial score (nSPS) is 10.0. The second-order valence-electron chi connectivity index (χ2n) is 1.07. The van der Waals surface area contributed by atoms with E-state index in [2.05, 4.69) is 0 Å². The van der Waals surface area contributed by atoms with E-state index in [1.807, 2.05) is 13.8 Å². The standard InChI is InChI=1S/C4H10O2P.Ba.2H/c1-3-6-7(5)4-2;;;/h3-4H2,1-2H3;;;/q+1;+2;2*-1. The smallest absolute Gasteiger partial charge is 1.00 e. The molecule has 0 fully saturated rings. The molecule has 0 aromatic rings. The third-order valence-corrected chi connectivity index (χ3v) is 1.59. The van der Waals surface area contributed by atoms with Crippen molar-refractivity contribution >= 4 is 56.9 Å². The molecule has 0 saturated heterocycles. The Hall–Kier alpha value is 1.63. The van der Waals surface area contributed by atoms with Crippen molar-refractivity contribution in [3.8, 4) is 0 Å². The van der Waals surface area contributed by atoms with Crippen LogP contribution in [0.5, 0.6) is 0 Å². The Kier molecular flexibility index (Phi) is 13.3. The van der Waals surface area contributed by atoms with Crippen LogP contribution in [0, 0.1) is 0 Å². The predicted octanol–water partition coefficient (Wildman–Crippen LogP) is 1.63. The molecule has 0 saturated carbocycles. The summed E-state index contributed by atoms with van der Waals surface area (Å²) in [6.45, 7) is 4.24. The van der Waals surface area contributed by atoms with E-state index in [1.165, 1.54) is 0 Å². The summed E-state index contributed by atoms with van der Waals surface area (Å²) in [7, 11) is -1.33. The number of hydrogen-bond donors (Lipinski definition) is 0. The molecule has 0 N–H and O–H groups in total. The third kappa shape index (κ3) is 7.63. The van der Waals surface area contributed by atoms with E-state index in [-0.39, 0.29) is 51.7 Å². The predicted molar refractivity (Wildman–Crippen MR) is 37.8 cm³/mol. The van der Waals surface area contributed by atoms with E-state index in [0.717, 1.165) is 0 Å². The van der Waals surface area contributed by atoms with Crippen LogP contribution in [0.25, 0.3) is 0 Å². The fraction of sp³-hybridized carbons (Fsp3) is 1.00. The minimum atomic E-state index is -1.33. The van der Waals surface area contributed by atoms with Crippen molar-refractivity contribution in [3.63, 3.8) is 0 Å². The van der Waals surface area contributed by atoms with Crippen LogP contribution in [0.2, 0.25) is 0 Å². The minimum absolute atomic E-state index is 0. The van der Waals surface area contributed by atoms with Crippen molar-refractivity contribution in [1.29, 1.82) is 0 Å². The zero-order valence-electron chi connectivity index (χ0n) is 7.39. The summed E-state index contributed by atoms with van der Waals surface area (Å²) in [5.74, 6) is 0. The summed E-state index contributed by atoms with van der Waals surface area (Å²) in [6.07, 6.45) is 0.628. The van der Waals surface area contributed by atoms with Crippen molar-refractivity contribution in [2.45, 2.75) is 13.8 Å². The fourth-order valence-electron chi connectivity index (χ4n) is 0.235. The van der Waals surface area contributed by atoms with Gasteiger partial charge >= 0.3 is 56.9 Å². The molecule has 0 heterocycles. The average Bonchev–Trinajstić information content (AvgIpc) is 1.68. The molecule has 0 aromatic carbocycles. The summed E-state index contributed by atoms with van der Waals surface area (Å²) in [4.78, 5) is 0. The van der Waals surface area contributed by atoms with Gasteiger partial charge in [-0.3, -0.25) is 0 Å². The van der Waals surface area contributed by atoms with Crippen molar-refractivity contribution in [2.75, 3.05) is 12.8 Å². The molecule has 0 rings (SSSR count). The van der Waals surface area contributed by atoms with Crippen LogP contribution in [0.15, 0.2) is 0 Å². The van der Waals surface area contributed by atoms with Crippen LogP contribution in [-0.2, 0) is 9.09 Å². The SMILES string of the molecule is CCO[P+](=O)CC.[Ba+2].[H-].[H-]. The maximum atomic E-state index is 10.3. The summed E-state index contributed by atoms with van der Waals surface area (Å²) in [6, 6.07) is 0. The van der Waals surface area contributed by atoms with Gasteiger partial charge in [0.05, 0.1) is 6.61 Å². The second-order valence-corrected chi connectivity index (χ2v) is 2.62. The molecule has 0 bridgehead atoms. The average molecular weight is 260 g/mol. The first-order valence-electron chi connectivity index (χ1n) is 2.38. The molecule has 0 radical (unpaired) electrons. The maximum absolute atomic E-state index is 10.3. The van der Waals surface area contributed by atoms with Gasteiger partial charge in [0.2, 0.25) is 0 Å². The molecular weight excluding hydrogens is 248 g/mol. The molecule has 1 atom stereocenters. The zero-order valence-corrected chi connectivity index (χ0v) is 10.7. The molecule has 1 unspecified atom stereocenters. The van der Waals surface area contributed by atoms with Crippen molar-refractivity contribution in [3.05, 3.63) is 0 Å². The molecule has 0 aliphatic heterocycles. The van der Waals surface area contributed by atoms with Gasteiger partial charge in [-0.25, -0.2) is 0 Å². The topological polar surface area (TPSA) is 26.3 Å². The first-order valence-corrected chi connectivity index (χ1v) is 3.75. The Balaban J connectivity index is -0.0000000600. The van der Waals surface area contributed by atoms with Gasteiger partial charge in [0.25, 0.3) is 0 Å². The molecule has 8 heavy (non-hydrogen) atoms. The Morgan fingerprint density at radius 2 is 2.12 bits per heavy atom. The summed E-state index contributed by atoms with van der Waals surface area (Å²) in [5, 5.41) is 0. The number of hydrogen-bond acceptors (Lipinski definition) is 2. The number of rotatable bonds is 3. The van der Waals surface area contributed by atoms with Gasteiger partial charge in [0.15, 0.2) is 6.16 Å². The van der Waals surface area contributed by atoms with Gasteiger partial charge in [-0.15, -0.1) is 4.52 Å². The van der Waals surface area contributed by atoms with E-state index in [0.29, 0.717) is 12.8 Å². The largest absolute Gasteiger partial charge is 2.00 e. The molecule has 2 nitrogen and oxygen atoms in total. The molecule has 0 amide bonds. The van der Waals surface area contributed by atoms with Crippen LogP contribution < -0.4 is 0 Å². The quantitative estimate of drug-likeness (QED) is 0.569. The maximum Gasteiger partial charge on any atom is 2.00 e. The first-order chi connectivity index (χ1) is 3.31. The van der Waals surface area contributed by atoms with Crippen LogP contribution in [0.3, 0.4) is 0 Å². The Labute approximate surface area is 94.3 Å². The van der Waals surface area contributed by atoms with Gasteiger partial charge in [0.1, 0.15) is 0 Å². The van der Waals surface area contributed by atoms with Crippen molar-refractivity contribution < 1.29 is 11.9 Å². The van der Waals surface area contributed by atoms with Gasteiger partial charge in [-0.2, -0.15) is 0 Å². The molecule has 0 aliphatic rings. The van der Waals surface area contributed by atoms with Crippen LogP contribution in [0.4, 0.5) is 0 Å². The van der Waals surface area contributed by atoms with Gasteiger partial charge in [-0.05, 0) is 18.4 Å². The first kappa shape index (κ1) is 12.3. The Morgan fingerprint density at radius 1 is 1.62 bits per heavy atom. The van der Waals surface area contributed by atoms with Crippen molar-refractivity contribution in [1.82, 2.24) is 0 Å². The van der Waals surface area contributed by atoms with E-state index in [4.69, 9.17) is 4.52 Å². The van der Waals surface area contributed by atoms with Crippen LogP contribution in [0.1, 0.15) is 16.7 Å². The van der Waals surface area contributed by atoms with Crippen LogP contribution in [-0.4, -0.2) is 61.6 Å². The summed E-state index contributed by atoms with van der Waals surface area (Å²) >= 11 is 0. The molecule has 0 aliphatic carbocycles.